The number of rotatable bonds is 5. The summed E-state index contributed by atoms with van der Waals surface area (Å²) >= 11 is 0. The molecule has 0 radical (unpaired) electrons. The molecule has 4 aliphatic heterocycles. The molecule has 1 spiro atoms. The van der Waals surface area contributed by atoms with Gasteiger partial charge < -0.3 is 28.9 Å². The van der Waals surface area contributed by atoms with E-state index in [1.54, 1.807) is 77.5 Å². The first kappa shape index (κ1) is 29.6. The summed E-state index contributed by atoms with van der Waals surface area (Å²) in [5.41, 5.74) is 0.234. The molecule has 2 N–H and O–H groups in total. The lowest BCUT2D eigenvalue weighted by molar-refractivity contribution is -0.148. The van der Waals surface area contributed by atoms with Crippen LogP contribution in [0.15, 0.2) is 66.7 Å². The summed E-state index contributed by atoms with van der Waals surface area (Å²) < 4.78 is 29.0. The van der Waals surface area contributed by atoms with E-state index in [4.69, 9.17) is 9.47 Å². The molecular formula is C34H36FN3O6Si. The Morgan fingerprint density at radius 2 is 1.82 bits per heavy atom. The molecule has 5 atom stereocenters. The van der Waals surface area contributed by atoms with Crippen molar-refractivity contribution in [1.82, 2.24) is 4.90 Å². The second kappa shape index (κ2) is 10.8. The molecule has 45 heavy (non-hydrogen) atoms. The number of para-hydroxylation sites is 3. The molecule has 0 unspecified atom stereocenters. The summed E-state index contributed by atoms with van der Waals surface area (Å²) in [6.45, 7) is 5.41. The van der Waals surface area contributed by atoms with Crippen LogP contribution in [0.1, 0.15) is 42.1 Å². The number of ether oxygens (including phenoxy) is 2. The Morgan fingerprint density at radius 1 is 1.09 bits per heavy atom. The van der Waals surface area contributed by atoms with Crippen LogP contribution in [0.2, 0.25) is 18.6 Å². The number of nitrogens with one attached hydrogen (secondary N) is 1. The highest BCUT2D eigenvalue weighted by atomic mass is 28.4. The summed E-state index contributed by atoms with van der Waals surface area (Å²) in [5, 5.41) is 12.7. The average molecular weight is 630 g/mol. The van der Waals surface area contributed by atoms with Gasteiger partial charge in [0.1, 0.15) is 5.75 Å². The molecule has 4 heterocycles. The van der Waals surface area contributed by atoms with Crippen molar-refractivity contribution in [2.45, 2.75) is 62.6 Å². The first-order valence-electron chi connectivity index (χ1n) is 15.5. The molecular weight excluding hydrogens is 593 g/mol. The van der Waals surface area contributed by atoms with E-state index in [1.807, 2.05) is 19.1 Å². The van der Waals surface area contributed by atoms with E-state index in [9.17, 15) is 19.5 Å². The minimum atomic E-state index is -3.48. The zero-order chi connectivity index (χ0) is 31.7. The topological polar surface area (TPSA) is 108 Å². The van der Waals surface area contributed by atoms with Crippen LogP contribution in [-0.2, 0) is 19.9 Å². The number of fused-ring (bicyclic) bond motifs is 4. The van der Waals surface area contributed by atoms with E-state index in [0.29, 0.717) is 52.7 Å². The maximum absolute atomic E-state index is 16.2. The number of carbonyl (C=O) groups is 3. The Labute approximate surface area is 262 Å². The van der Waals surface area contributed by atoms with Crippen molar-refractivity contribution in [3.05, 3.63) is 77.9 Å². The number of hydrogen-bond donors (Lipinski definition) is 2. The maximum Gasteiger partial charge on any atom is 0.266 e. The molecule has 3 aromatic carbocycles. The normalized spacial score (nSPS) is 27.1. The van der Waals surface area contributed by atoms with Crippen molar-refractivity contribution in [3.63, 3.8) is 0 Å². The summed E-state index contributed by atoms with van der Waals surface area (Å²) in [6.07, 6.45) is 0.595. The molecule has 0 saturated carbocycles. The van der Waals surface area contributed by atoms with Gasteiger partial charge in [0.2, 0.25) is 14.3 Å². The van der Waals surface area contributed by atoms with Gasteiger partial charge in [0, 0.05) is 34.9 Å². The Kier molecular flexibility index (Phi) is 7.10. The SMILES string of the molecule is C[C@H]1[C@H]([Si](C)(C)F)[C@@H](CC(=O)N2CCC[C@H]2CO)O[C@]12C(=O)Nc1ccc(N3C(=O)c4ccccc4Oc4ccccc43)cc12. The molecule has 234 valence electrons. The lowest BCUT2D eigenvalue weighted by Crippen LogP contribution is -2.42. The van der Waals surface area contributed by atoms with Crippen LogP contribution in [0.4, 0.5) is 21.2 Å². The third kappa shape index (κ3) is 4.59. The van der Waals surface area contributed by atoms with E-state index >= 15 is 4.11 Å². The number of nitrogens with zero attached hydrogens (tertiary/aromatic N) is 2. The predicted molar refractivity (Wildman–Crippen MR) is 169 cm³/mol. The summed E-state index contributed by atoms with van der Waals surface area (Å²) in [5.74, 6) is -0.580. The second-order valence-corrected chi connectivity index (χ2v) is 16.7. The summed E-state index contributed by atoms with van der Waals surface area (Å²) in [6, 6.07) is 19.3. The van der Waals surface area contributed by atoms with Gasteiger partial charge in [-0.1, -0.05) is 31.2 Å². The van der Waals surface area contributed by atoms with Crippen molar-refractivity contribution in [2.24, 2.45) is 5.92 Å². The molecule has 3 aromatic rings. The van der Waals surface area contributed by atoms with Crippen LogP contribution >= 0.6 is 0 Å². The fourth-order valence-electron chi connectivity index (χ4n) is 7.90. The van der Waals surface area contributed by atoms with Crippen molar-refractivity contribution in [2.75, 3.05) is 23.4 Å². The number of likely N-dealkylation sites (tertiary alicyclic amines) is 1. The molecule has 7 rings (SSSR count). The highest BCUT2D eigenvalue weighted by Crippen LogP contribution is 2.59. The van der Waals surface area contributed by atoms with Crippen LogP contribution in [0.3, 0.4) is 0 Å². The number of halogens is 1. The molecule has 0 aliphatic carbocycles. The lowest BCUT2D eigenvalue weighted by atomic mass is 9.82. The zero-order valence-electron chi connectivity index (χ0n) is 25.5. The zero-order valence-corrected chi connectivity index (χ0v) is 26.5. The van der Waals surface area contributed by atoms with Crippen molar-refractivity contribution < 1.29 is 33.1 Å². The Balaban J connectivity index is 1.31. The Hall–Kier alpha value is -4.06. The van der Waals surface area contributed by atoms with Gasteiger partial charge in [-0.25, -0.2) is 0 Å². The molecule has 11 heteroatoms. The van der Waals surface area contributed by atoms with E-state index in [2.05, 4.69) is 5.32 Å². The van der Waals surface area contributed by atoms with E-state index in [0.717, 1.165) is 6.42 Å². The molecule has 4 aliphatic rings. The van der Waals surface area contributed by atoms with E-state index in [-0.39, 0.29) is 30.9 Å². The number of aliphatic hydroxyl groups is 1. The minimum absolute atomic E-state index is 0.0813. The van der Waals surface area contributed by atoms with Gasteiger partial charge in [-0.05, 0) is 68.4 Å². The fourth-order valence-corrected chi connectivity index (χ4v) is 10.4. The standard InChI is InChI=1S/C34H36FN3O6Si/c1-20-31(45(2,3)35)29(18-30(40)37-16-8-9-22(37)19-39)44-34(20)24-17-21(14-15-25(24)36-33(34)42)38-26-11-5-7-13-28(26)43-27-12-6-4-10-23(27)32(38)41/h4-7,10-15,17,20,22,29,31,39H,8-9,16,18-19H2,1-3H3,(H,36,42)/t20-,22-,29+,31-,34+/m0/s1. The number of amides is 3. The number of aliphatic hydroxyl groups excluding tert-OH is 1. The summed E-state index contributed by atoms with van der Waals surface area (Å²) in [7, 11) is -3.48. The second-order valence-electron chi connectivity index (χ2n) is 12.9. The van der Waals surface area contributed by atoms with Gasteiger partial charge in [-0.2, -0.15) is 0 Å². The van der Waals surface area contributed by atoms with Crippen LogP contribution in [-0.4, -0.2) is 61.4 Å². The minimum Gasteiger partial charge on any atom is -0.454 e. The fraction of sp³-hybridized carbons (Fsp3) is 0.382. The monoisotopic (exact) mass is 629 g/mol. The van der Waals surface area contributed by atoms with Crippen LogP contribution in [0.5, 0.6) is 11.5 Å². The third-order valence-corrected chi connectivity index (χ3v) is 12.3. The first-order valence-corrected chi connectivity index (χ1v) is 18.4. The molecule has 3 amide bonds. The van der Waals surface area contributed by atoms with Crippen LogP contribution in [0, 0.1) is 5.92 Å². The summed E-state index contributed by atoms with van der Waals surface area (Å²) in [4.78, 5) is 44.7. The van der Waals surface area contributed by atoms with E-state index in [1.165, 1.54) is 0 Å². The Bertz CT molecular complexity index is 1710. The average Bonchev–Trinajstić information content (AvgIpc) is 3.66. The van der Waals surface area contributed by atoms with Gasteiger partial charge in [0.05, 0.1) is 36.4 Å². The maximum atomic E-state index is 16.2. The Morgan fingerprint density at radius 3 is 2.58 bits per heavy atom. The van der Waals surface area contributed by atoms with Crippen molar-refractivity contribution in [1.29, 1.82) is 0 Å². The molecule has 0 aromatic heterocycles. The quantitative estimate of drug-likeness (QED) is 0.270. The van der Waals surface area contributed by atoms with Crippen LogP contribution in [0.25, 0.3) is 0 Å². The van der Waals surface area contributed by atoms with Gasteiger partial charge in [0.15, 0.2) is 11.4 Å². The first-order chi connectivity index (χ1) is 21.5. The largest absolute Gasteiger partial charge is 0.454 e. The number of benzene rings is 3. The third-order valence-electron chi connectivity index (χ3n) is 9.89. The molecule has 2 saturated heterocycles. The molecule has 0 bridgehead atoms. The number of anilines is 3. The van der Waals surface area contributed by atoms with Gasteiger partial charge in [-0.3, -0.25) is 19.3 Å². The van der Waals surface area contributed by atoms with Crippen molar-refractivity contribution >= 4 is 43.2 Å². The van der Waals surface area contributed by atoms with Gasteiger partial charge in [0.25, 0.3) is 11.8 Å². The highest BCUT2D eigenvalue weighted by Gasteiger charge is 2.65. The molecule has 9 nitrogen and oxygen atoms in total. The van der Waals surface area contributed by atoms with E-state index < -0.39 is 37.5 Å². The number of hydrogen-bond acceptors (Lipinski definition) is 6. The predicted octanol–water partition coefficient (Wildman–Crippen LogP) is 5.87. The van der Waals surface area contributed by atoms with Gasteiger partial charge in [-0.15, -0.1) is 0 Å². The highest BCUT2D eigenvalue weighted by molar-refractivity contribution is 6.72. The smallest absolute Gasteiger partial charge is 0.266 e. The van der Waals surface area contributed by atoms with Gasteiger partial charge >= 0.3 is 0 Å². The lowest BCUT2D eigenvalue weighted by Gasteiger charge is -2.31. The van der Waals surface area contributed by atoms with Crippen molar-refractivity contribution in [3.8, 4) is 11.5 Å². The number of carbonyl (C=O) groups excluding carboxylic acids is 3. The van der Waals surface area contributed by atoms with Crippen LogP contribution < -0.4 is 15.0 Å². The molecule has 2 fully saturated rings.